The van der Waals surface area contributed by atoms with Crippen LogP contribution in [-0.2, 0) is 13.0 Å². The van der Waals surface area contributed by atoms with Gasteiger partial charge in [-0.2, -0.15) is 12.6 Å². The van der Waals surface area contributed by atoms with Crippen molar-refractivity contribution in [1.82, 2.24) is 5.32 Å². The topological polar surface area (TPSA) is 52.5 Å². The lowest BCUT2D eigenvalue weighted by molar-refractivity contribution is 0.0172. The molecule has 2 rings (SSSR count). The van der Waals surface area contributed by atoms with Gasteiger partial charge in [0.15, 0.2) is 0 Å². The maximum Gasteiger partial charge on any atom is 0.105 e. The number of rotatable bonds is 4. The van der Waals surface area contributed by atoms with Crippen molar-refractivity contribution < 1.29 is 10.2 Å². The quantitative estimate of drug-likeness (QED) is 0.607. The third-order valence-corrected chi connectivity index (χ3v) is 3.51. The molecule has 0 aromatic heterocycles. The van der Waals surface area contributed by atoms with Gasteiger partial charge in [-0.05, 0) is 41.8 Å². The number of aliphatic hydroxyl groups excluding tert-OH is 2. The molecule has 17 heavy (non-hydrogen) atoms. The molecule has 0 aliphatic carbocycles. The molecular formula is C13H19NO2S. The number of hydrogen-bond acceptors (Lipinski definition) is 4. The summed E-state index contributed by atoms with van der Waals surface area (Å²) in [5.74, 6) is 0.576. The third kappa shape index (κ3) is 3.01. The zero-order valence-electron chi connectivity index (χ0n) is 9.76. The Bertz CT molecular complexity index is 384. The van der Waals surface area contributed by atoms with Crippen molar-refractivity contribution in [3.63, 3.8) is 0 Å². The average Bonchev–Trinajstić information content (AvgIpc) is 2.37. The van der Waals surface area contributed by atoms with Crippen LogP contribution in [0.3, 0.4) is 0 Å². The first-order chi connectivity index (χ1) is 8.22. The van der Waals surface area contributed by atoms with Gasteiger partial charge < -0.3 is 15.5 Å². The number of nitrogens with one attached hydrogen (secondary N) is 1. The normalized spacial score (nSPS) is 18.5. The molecule has 0 radical (unpaired) electrons. The fourth-order valence-electron chi connectivity index (χ4n) is 2.19. The molecule has 1 aliphatic rings. The summed E-state index contributed by atoms with van der Waals surface area (Å²) in [6.07, 6.45) is -0.0452. The fraction of sp³-hybridized carbons (Fsp3) is 0.538. The summed E-state index contributed by atoms with van der Waals surface area (Å²) in [7, 11) is 0. The summed E-state index contributed by atoms with van der Waals surface area (Å²) >= 11 is 4.07. The lowest BCUT2D eigenvalue weighted by Crippen LogP contribution is -2.24. The minimum atomic E-state index is -0.803. The molecule has 1 aliphatic heterocycles. The molecule has 2 unspecified atom stereocenters. The number of hydrogen-bond donors (Lipinski definition) is 4. The van der Waals surface area contributed by atoms with Crippen LogP contribution < -0.4 is 5.32 Å². The Morgan fingerprint density at radius 2 is 2.12 bits per heavy atom. The van der Waals surface area contributed by atoms with Crippen molar-refractivity contribution >= 4 is 12.6 Å². The zero-order chi connectivity index (χ0) is 12.3. The van der Waals surface area contributed by atoms with Gasteiger partial charge in [0.1, 0.15) is 6.10 Å². The van der Waals surface area contributed by atoms with Crippen molar-refractivity contribution in [3.05, 3.63) is 34.9 Å². The van der Waals surface area contributed by atoms with Crippen molar-refractivity contribution in [2.45, 2.75) is 31.6 Å². The predicted octanol–water partition coefficient (Wildman–Crippen LogP) is 1.05. The first-order valence-corrected chi connectivity index (χ1v) is 6.65. The van der Waals surface area contributed by atoms with E-state index in [1.54, 1.807) is 0 Å². The maximum absolute atomic E-state index is 10.0. The van der Waals surface area contributed by atoms with Gasteiger partial charge in [-0.15, -0.1) is 0 Å². The third-order valence-electron chi connectivity index (χ3n) is 3.25. The fourth-order valence-corrected chi connectivity index (χ4v) is 2.46. The molecule has 0 fully saturated rings. The molecule has 94 valence electrons. The van der Waals surface area contributed by atoms with Gasteiger partial charge in [-0.1, -0.05) is 18.2 Å². The van der Waals surface area contributed by atoms with Crippen LogP contribution >= 0.6 is 12.6 Å². The van der Waals surface area contributed by atoms with Crippen LogP contribution in [0.5, 0.6) is 0 Å². The minimum absolute atomic E-state index is 0.503. The van der Waals surface area contributed by atoms with E-state index in [2.05, 4.69) is 17.9 Å². The summed E-state index contributed by atoms with van der Waals surface area (Å²) in [5.41, 5.74) is 3.37. The molecule has 0 saturated carbocycles. The Morgan fingerprint density at radius 3 is 2.88 bits per heavy atom. The average molecular weight is 253 g/mol. The molecule has 1 aromatic rings. The lowest BCUT2D eigenvalue weighted by atomic mass is 9.94. The van der Waals surface area contributed by atoms with Gasteiger partial charge in [-0.25, -0.2) is 0 Å². The monoisotopic (exact) mass is 253 g/mol. The van der Waals surface area contributed by atoms with Gasteiger partial charge in [0.2, 0.25) is 0 Å². The van der Waals surface area contributed by atoms with E-state index in [9.17, 15) is 10.2 Å². The van der Waals surface area contributed by atoms with E-state index in [-0.39, 0.29) is 0 Å². The van der Waals surface area contributed by atoms with Crippen LogP contribution in [0, 0.1) is 0 Å². The van der Waals surface area contributed by atoms with E-state index in [1.165, 1.54) is 11.1 Å². The van der Waals surface area contributed by atoms with Crippen molar-refractivity contribution in [2.24, 2.45) is 0 Å². The number of thiol groups is 1. The van der Waals surface area contributed by atoms with Crippen LogP contribution in [-0.4, -0.2) is 28.6 Å². The number of fused-ring (bicyclic) bond motifs is 1. The van der Waals surface area contributed by atoms with Crippen molar-refractivity contribution in [1.29, 1.82) is 0 Å². The van der Waals surface area contributed by atoms with Crippen molar-refractivity contribution in [2.75, 3.05) is 12.3 Å². The summed E-state index contributed by atoms with van der Waals surface area (Å²) in [4.78, 5) is 0. The highest BCUT2D eigenvalue weighted by Crippen LogP contribution is 2.23. The largest absolute Gasteiger partial charge is 0.390 e. The Balaban J connectivity index is 2.15. The molecule has 0 bridgehead atoms. The lowest BCUT2D eigenvalue weighted by Gasteiger charge is -2.21. The molecule has 3 N–H and O–H groups in total. The Morgan fingerprint density at radius 1 is 1.29 bits per heavy atom. The Labute approximate surface area is 107 Å². The SMILES string of the molecule is OC(CCS)C(O)c1ccc2c(c1)CCNC2. The Kier molecular flexibility index (Phi) is 4.45. The van der Waals surface area contributed by atoms with Gasteiger partial charge in [0.05, 0.1) is 6.10 Å². The molecule has 3 nitrogen and oxygen atoms in total. The van der Waals surface area contributed by atoms with Gasteiger partial charge >= 0.3 is 0 Å². The highest BCUT2D eigenvalue weighted by molar-refractivity contribution is 7.80. The van der Waals surface area contributed by atoms with E-state index < -0.39 is 12.2 Å². The smallest absolute Gasteiger partial charge is 0.105 e. The molecule has 1 heterocycles. The highest BCUT2D eigenvalue weighted by Gasteiger charge is 2.19. The van der Waals surface area contributed by atoms with Gasteiger partial charge in [-0.3, -0.25) is 0 Å². The molecule has 0 amide bonds. The molecule has 1 aromatic carbocycles. The first-order valence-electron chi connectivity index (χ1n) is 6.02. The van der Waals surface area contributed by atoms with Crippen LogP contribution in [0.25, 0.3) is 0 Å². The summed E-state index contributed by atoms with van der Waals surface area (Å²) < 4.78 is 0. The van der Waals surface area contributed by atoms with Crippen LogP contribution in [0.15, 0.2) is 18.2 Å². The second kappa shape index (κ2) is 5.87. The number of aliphatic hydroxyl groups is 2. The van der Waals surface area contributed by atoms with Gasteiger partial charge in [0, 0.05) is 6.54 Å². The second-order valence-electron chi connectivity index (χ2n) is 4.48. The van der Waals surface area contributed by atoms with Crippen LogP contribution in [0.2, 0.25) is 0 Å². The molecule has 0 spiro atoms. The highest BCUT2D eigenvalue weighted by atomic mass is 32.1. The van der Waals surface area contributed by atoms with Crippen molar-refractivity contribution in [3.8, 4) is 0 Å². The maximum atomic E-state index is 10.0. The minimum Gasteiger partial charge on any atom is -0.390 e. The summed E-state index contributed by atoms with van der Waals surface area (Å²) in [6, 6.07) is 5.95. The summed E-state index contributed by atoms with van der Waals surface area (Å²) in [5, 5.41) is 23.1. The second-order valence-corrected chi connectivity index (χ2v) is 4.93. The van der Waals surface area contributed by atoms with E-state index in [0.717, 1.165) is 25.1 Å². The van der Waals surface area contributed by atoms with Crippen LogP contribution in [0.1, 0.15) is 29.2 Å². The van der Waals surface area contributed by atoms with Gasteiger partial charge in [0.25, 0.3) is 0 Å². The predicted molar refractivity (Wildman–Crippen MR) is 71.3 cm³/mol. The molecule has 4 heteroatoms. The molecule has 0 saturated heterocycles. The molecular weight excluding hydrogens is 234 g/mol. The molecule has 2 atom stereocenters. The summed E-state index contributed by atoms with van der Waals surface area (Å²) in [6.45, 7) is 1.87. The number of benzene rings is 1. The Hall–Kier alpha value is -0.550. The van der Waals surface area contributed by atoms with E-state index >= 15 is 0 Å². The van der Waals surface area contributed by atoms with E-state index in [0.29, 0.717) is 12.2 Å². The van der Waals surface area contributed by atoms with E-state index in [1.807, 2.05) is 18.2 Å². The zero-order valence-corrected chi connectivity index (χ0v) is 10.7. The van der Waals surface area contributed by atoms with E-state index in [4.69, 9.17) is 0 Å². The standard InChI is InChI=1S/C13H19NO2S/c15-12(4-6-17)13(16)10-1-2-11-8-14-5-3-9(11)7-10/h1-2,7,12-17H,3-6,8H2. The van der Waals surface area contributed by atoms with Crippen LogP contribution in [0.4, 0.5) is 0 Å². The first kappa shape index (κ1) is 12.9.